The van der Waals surface area contributed by atoms with Crippen LogP contribution in [-0.2, 0) is 16.6 Å². The van der Waals surface area contributed by atoms with Gasteiger partial charge in [0, 0.05) is 63.7 Å². The molecule has 0 bridgehead atoms. The Hall–Kier alpha value is -2.48. The SMILES string of the molecule is COCCN1C(=O)C[C@@H](CNc2ncccn2)[C@@H]1c1cnn(C)c1. The zero-order valence-corrected chi connectivity index (χ0v) is 13.9. The van der Waals surface area contributed by atoms with Gasteiger partial charge in [0.2, 0.25) is 11.9 Å². The first-order valence-electron chi connectivity index (χ1n) is 7.97. The zero-order valence-electron chi connectivity index (χ0n) is 13.9. The van der Waals surface area contributed by atoms with Gasteiger partial charge in [0.1, 0.15) is 0 Å². The normalized spacial score (nSPS) is 20.6. The third kappa shape index (κ3) is 3.53. The summed E-state index contributed by atoms with van der Waals surface area (Å²) in [6.07, 6.45) is 7.67. The number of methoxy groups -OCH3 is 1. The van der Waals surface area contributed by atoms with Crippen molar-refractivity contribution in [3.63, 3.8) is 0 Å². The number of carbonyl (C=O) groups excluding carboxylic acids is 1. The van der Waals surface area contributed by atoms with Gasteiger partial charge in [0.05, 0.1) is 18.8 Å². The molecule has 0 radical (unpaired) electrons. The second-order valence-corrected chi connectivity index (χ2v) is 5.89. The predicted octanol–water partition coefficient (Wildman–Crippen LogP) is 0.858. The fourth-order valence-electron chi connectivity index (χ4n) is 3.16. The molecule has 1 fully saturated rings. The van der Waals surface area contributed by atoms with Crippen LogP contribution in [0.5, 0.6) is 0 Å². The number of aryl methyl sites for hydroxylation is 1. The predicted molar refractivity (Wildman–Crippen MR) is 88.2 cm³/mol. The third-order valence-electron chi connectivity index (χ3n) is 4.23. The largest absolute Gasteiger partial charge is 0.383 e. The summed E-state index contributed by atoms with van der Waals surface area (Å²) in [4.78, 5) is 22.7. The van der Waals surface area contributed by atoms with Gasteiger partial charge in [-0.2, -0.15) is 5.10 Å². The van der Waals surface area contributed by atoms with Crippen LogP contribution in [0.3, 0.4) is 0 Å². The number of anilines is 1. The second-order valence-electron chi connectivity index (χ2n) is 5.89. The van der Waals surface area contributed by atoms with Gasteiger partial charge < -0.3 is 15.0 Å². The Morgan fingerprint density at radius 2 is 2.17 bits per heavy atom. The molecule has 1 aliphatic rings. The van der Waals surface area contributed by atoms with E-state index in [1.165, 1.54) is 0 Å². The molecule has 2 aromatic rings. The van der Waals surface area contributed by atoms with Crippen LogP contribution in [0.15, 0.2) is 30.9 Å². The standard InChI is InChI=1S/C16H22N6O2/c1-21-11-13(10-20-21)15-12(8-14(23)22(15)6-7-24-2)9-19-16-17-4-3-5-18-16/h3-5,10-12,15H,6-9H2,1-2H3,(H,17,18,19)/t12-,15+/m0/s1. The highest BCUT2D eigenvalue weighted by atomic mass is 16.5. The number of ether oxygens (including phenoxy) is 1. The van der Waals surface area contributed by atoms with Crippen molar-refractivity contribution in [2.45, 2.75) is 12.5 Å². The molecular formula is C16H22N6O2. The van der Waals surface area contributed by atoms with Crippen LogP contribution in [0.1, 0.15) is 18.0 Å². The molecule has 8 nitrogen and oxygen atoms in total. The molecule has 1 aliphatic heterocycles. The molecule has 1 N–H and O–H groups in total. The first-order chi connectivity index (χ1) is 11.7. The minimum atomic E-state index is -0.0161. The van der Waals surface area contributed by atoms with Crippen LogP contribution >= 0.6 is 0 Å². The van der Waals surface area contributed by atoms with Crippen molar-refractivity contribution in [3.05, 3.63) is 36.4 Å². The zero-order chi connectivity index (χ0) is 16.9. The Morgan fingerprint density at radius 3 is 2.83 bits per heavy atom. The molecule has 0 unspecified atom stereocenters. The van der Waals surface area contributed by atoms with Crippen molar-refractivity contribution in [1.82, 2.24) is 24.6 Å². The third-order valence-corrected chi connectivity index (χ3v) is 4.23. The Morgan fingerprint density at radius 1 is 1.38 bits per heavy atom. The number of nitrogens with zero attached hydrogens (tertiary/aromatic N) is 5. The van der Waals surface area contributed by atoms with Crippen molar-refractivity contribution in [2.24, 2.45) is 13.0 Å². The molecular weight excluding hydrogens is 308 g/mol. The summed E-state index contributed by atoms with van der Waals surface area (Å²) in [5, 5.41) is 7.49. The van der Waals surface area contributed by atoms with E-state index in [0.29, 0.717) is 32.1 Å². The summed E-state index contributed by atoms with van der Waals surface area (Å²) in [7, 11) is 3.52. The maximum absolute atomic E-state index is 12.5. The van der Waals surface area contributed by atoms with E-state index in [2.05, 4.69) is 20.4 Å². The van der Waals surface area contributed by atoms with Gasteiger partial charge in [0.25, 0.3) is 0 Å². The smallest absolute Gasteiger partial charge is 0.223 e. The van der Waals surface area contributed by atoms with Crippen LogP contribution in [0, 0.1) is 5.92 Å². The molecule has 24 heavy (non-hydrogen) atoms. The summed E-state index contributed by atoms with van der Waals surface area (Å²) in [5.74, 6) is 0.842. The number of rotatable bonds is 7. The van der Waals surface area contributed by atoms with Crippen LogP contribution in [0.4, 0.5) is 5.95 Å². The minimum Gasteiger partial charge on any atom is -0.383 e. The quantitative estimate of drug-likeness (QED) is 0.810. The molecule has 0 aliphatic carbocycles. The van der Waals surface area contributed by atoms with Crippen LogP contribution in [0.2, 0.25) is 0 Å². The maximum Gasteiger partial charge on any atom is 0.223 e. The lowest BCUT2D eigenvalue weighted by Gasteiger charge is -2.27. The van der Waals surface area contributed by atoms with Crippen LogP contribution in [-0.4, -0.2) is 57.4 Å². The number of nitrogens with one attached hydrogen (secondary N) is 1. The van der Waals surface area contributed by atoms with Gasteiger partial charge in [0.15, 0.2) is 0 Å². The summed E-state index contributed by atoms with van der Waals surface area (Å²) in [6, 6.07) is 1.76. The average molecular weight is 330 g/mol. The van der Waals surface area contributed by atoms with Crippen molar-refractivity contribution >= 4 is 11.9 Å². The van der Waals surface area contributed by atoms with Crippen LogP contribution in [0.25, 0.3) is 0 Å². The van der Waals surface area contributed by atoms with E-state index in [0.717, 1.165) is 5.56 Å². The maximum atomic E-state index is 12.5. The topological polar surface area (TPSA) is 85.2 Å². The van der Waals surface area contributed by atoms with Crippen LogP contribution < -0.4 is 5.32 Å². The lowest BCUT2D eigenvalue weighted by molar-refractivity contribution is -0.129. The average Bonchev–Trinajstić information content (AvgIpc) is 3.15. The first kappa shape index (κ1) is 16.4. The summed E-state index contributed by atoms with van der Waals surface area (Å²) in [6.45, 7) is 1.72. The summed E-state index contributed by atoms with van der Waals surface area (Å²) >= 11 is 0. The van der Waals surface area contributed by atoms with E-state index >= 15 is 0 Å². The number of carbonyl (C=O) groups is 1. The Labute approximate surface area is 140 Å². The van der Waals surface area contributed by atoms with E-state index in [4.69, 9.17) is 4.74 Å². The molecule has 1 amide bonds. The van der Waals surface area contributed by atoms with Crippen molar-refractivity contribution in [2.75, 3.05) is 32.1 Å². The van der Waals surface area contributed by atoms with Crippen molar-refractivity contribution in [1.29, 1.82) is 0 Å². The number of hydrogen-bond donors (Lipinski definition) is 1. The van der Waals surface area contributed by atoms with Gasteiger partial charge in [-0.25, -0.2) is 9.97 Å². The van der Waals surface area contributed by atoms with E-state index < -0.39 is 0 Å². The monoisotopic (exact) mass is 330 g/mol. The highest BCUT2D eigenvalue weighted by molar-refractivity contribution is 5.79. The van der Waals surface area contributed by atoms with E-state index in [9.17, 15) is 4.79 Å². The summed E-state index contributed by atoms with van der Waals surface area (Å²) < 4.78 is 6.92. The van der Waals surface area contributed by atoms with E-state index in [1.54, 1.807) is 30.3 Å². The highest BCUT2D eigenvalue weighted by Gasteiger charge is 2.40. The minimum absolute atomic E-state index is 0.0161. The number of hydrogen-bond acceptors (Lipinski definition) is 6. The second kappa shape index (κ2) is 7.39. The van der Waals surface area contributed by atoms with Gasteiger partial charge in [-0.05, 0) is 6.07 Å². The Balaban J connectivity index is 1.77. The first-order valence-corrected chi connectivity index (χ1v) is 7.97. The molecule has 128 valence electrons. The highest BCUT2D eigenvalue weighted by Crippen LogP contribution is 2.37. The van der Waals surface area contributed by atoms with Gasteiger partial charge in [-0.1, -0.05) is 0 Å². The molecule has 1 saturated heterocycles. The number of aromatic nitrogens is 4. The Bertz CT molecular complexity index is 674. The molecule has 0 saturated carbocycles. The van der Waals surface area contributed by atoms with Crippen molar-refractivity contribution in [3.8, 4) is 0 Å². The number of likely N-dealkylation sites (tertiary alicyclic amines) is 1. The molecule has 2 aromatic heterocycles. The molecule has 0 spiro atoms. The Kier molecular flexibility index (Phi) is 5.05. The van der Waals surface area contributed by atoms with Crippen molar-refractivity contribution < 1.29 is 9.53 Å². The molecule has 2 atom stereocenters. The van der Waals surface area contributed by atoms with E-state index in [1.807, 2.05) is 24.3 Å². The molecule has 3 heterocycles. The molecule has 8 heteroatoms. The summed E-state index contributed by atoms with van der Waals surface area (Å²) in [5.41, 5.74) is 1.04. The van der Waals surface area contributed by atoms with Gasteiger partial charge in [-0.15, -0.1) is 0 Å². The fourth-order valence-corrected chi connectivity index (χ4v) is 3.16. The molecule has 0 aromatic carbocycles. The molecule has 3 rings (SSSR count). The number of amides is 1. The van der Waals surface area contributed by atoms with Gasteiger partial charge in [-0.3, -0.25) is 9.48 Å². The lowest BCUT2D eigenvalue weighted by Crippen LogP contribution is -2.33. The lowest BCUT2D eigenvalue weighted by atomic mass is 9.95. The van der Waals surface area contributed by atoms with Gasteiger partial charge >= 0.3 is 0 Å². The van der Waals surface area contributed by atoms with E-state index in [-0.39, 0.29) is 17.9 Å². The fraction of sp³-hybridized carbons (Fsp3) is 0.500.